The van der Waals surface area contributed by atoms with Crippen molar-refractivity contribution >= 4 is 10.0 Å². The molecule has 1 aromatic rings. The van der Waals surface area contributed by atoms with Crippen molar-refractivity contribution in [3.05, 3.63) is 29.8 Å². The van der Waals surface area contributed by atoms with Gasteiger partial charge in [0, 0.05) is 0 Å². The Labute approximate surface area is 115 Å². The van der Waals surface area contributed by atoms with Crippen molar-refractivity contribution in [2.75, 3.05) is 6.26 Å². The van der Waals surface area contributed by atoms with Crippen molar-refractivity contribution < 1.29 is 39.5 Å². The number of hydrogen-bond donors (Lipinski definition) is 1. The van der Waals surface area contributed by atoms with Gasteiger partial charge in [-0.05, 0) is 17.7 Å². The zero-order valence-electron chi connectivity index (χ0n) is 10.3. The third kappa shape index (κ3) is 6.21. The lowest BCUT2D eigenvalue weighted by molar-refractivity contribution is -0.274. The molecule has 11 heteroatoms. The van der Waals surface area contributed by atoms with Crippen LogP contribution in [0, 0.1) is 0 Å². The molecule has 1 unspecified atom stereocenters. The quantitative estimate of drug-likeness (QED) is 0.860. The second-order valence-corrected chi connectivity index (χ2v) is 5.76. The van der Waals surface area contributed by atoms with Gasteiger partial charge in [-0.3, -0.25) is 0 Å². The standard InChI is InChI=1S/C10H9F6NO3S/c1-21(18,19)17-8(9(11,12)13)6-2-4-7(5-3-6)20-10(14,15)16/h2-5,8,17H,1H3. The van der Waals surface area contributed by atoms with Crippen LogP contribution in [-0.4, -0.2) is 27.2 Å². The number of sulfonamides is 1. The Hall–Kier alpha value is -1.49. The smallest absolute Gasteiger partial charge is 0.406 e. The van der Waals surface area contributed by atoms with E-state index in [1.165, 1.54) is 4.72 Å². The number of hydrogen-bond acceptors (Lipinski definition) is 3. The molecule has 21 heavy (non-hydrogen) atoms. The molecule has 0 bridgehead atoms. The van der Waals surface area contributed by atoms with Crippen molar-refractivity contribution in [1.82, 2.24) is 4.72 Å². The molecule has 1 atom stereocenters. The van der Waals surface area contributed by atoms with E-state index in [9.17, 15) is 34.8 Å². The molecule has 0 radical (unpaired) electrons. The van der Waals surface area contributed by atoms with Crippen LogP contribution in [-0.2, 0) is 10.0 Å². The lowest BCUT2D eigenvalue weighted by atomic mass is 10.1. The maximum Gasteiger partial charge on any atom is 0.573 e. The highest BCUT2D eigenvalue weighted by atomic mass is 32.2. The summed E-state index contributed by atoms with van der Waals surface area (Å²) in [4.78, 5) is 0. The maximum absolute atomic E-state index is 12.8. The van der Waals surface area contributed by atoms with E-state index in [-0.39, 0.29) is 0 Å². The van der Waals surface area contributed by atoms with Gasteiger partial charge in [-0.1, -0.05) is 12.1 Å². The van der Waals surface area contributed by atoms with Crippen molar-refractivity contribution in [3.8, 4) is 5.75 Å². The molecule has 0 fully saturated rings. The molecule has 120 valence electrons. The Bertz CT molecular complexity index is 578. The fourth-order valence-corrected chi connectivity index (χ4v) is 2.10. The summed E-state index contributed by atoms with van der Waals surface area (Å²) in [6, 6.07) is 0.138. The van der Waals surface area contributed by atoms with Crippen molar-refractivity contribution in [2.45, 2.75) is 18.6 Å². The molecule has 1 N–H and O–H groups in total. The molecular weight excluding hydrogens is 328 g/mol. The summed E-state index contributed by atoms with van der Waals surface area (Å²) in [5, 5.41) is 0. The first-order valence-electron chi connectivity index (χ1n) is 5.18. The minimum absolute atomic E-state index is 0.535. The van der Waals surface area contributed by atoms with Crippen LogP contribution < -0.4 is 9.46 Å². The van der Waals surface area contributed by atoms with Gasteiger partial charge in [0.05, 0.1) is 6.26 Å². The Morgan fingerprint density at radius 2 is 1.52 bits per heavy atom. The van der Waals surface area contributed by atoms with Crippen LogP contribution >= 0.6 is 0 Å². The molecule has 1 rings (SSSR count). The highest BCUT2D eigenvalue weighted by Crippen LogP contribution is 2.34. The zero-order valence-corrected chi connectivity index (χ0v) is 11.1. The molecule has 0 saturated carbocycles. The second kappa shape index (κ2) is 5.72. The van der Waals surface area contributed by atoms with E-state index < -0.39 is 39.9 Å². The highest BCUT2D eigenvalue weighted by Gasteiger charge is 2.42. The van der Waals surface area contributed by atoms with E-state index in [4.69, 9.17) is 0 Å². The average molecular weight is 337 g/mol. The van der Waals surface area contributed by atoms with E-state index in [2.05, 4.69) is 4.74 Å². The third-order valence-electron chi connectivity index (χ3n) is 2.11. The molecular formula is C10H9F6NO3S. The average Bonchev–Trinajstić information content (AvgIpc) is 2.22. The summed E-state index contributed by atoms with van der Waals surface area (Å²) < 4.78 is 101. The summed E-state index contributed by atoms with van der Waals surface area (Å²) in [7, 11) is -4.17. The van der Waals surface area contributed by atoms with Crippen LogP contribution in [0.4, 0.5) is 26.3 Å². The van der Waals surface area contributed by atoms with E-state index in [0.717, 1.165) is 0 Å². The molecule has 0 saturated heterocycles. The first-order valence-corrected chi connectivity index (χ1v) is 7.07. The number of alkyl halides is 6. The summed E-state index contributed by atoms with van der Waals surface area (Å²) in [5.41, 5.74) is -0.567. The van der Waals surface area contributed by atoms with Crippen LogP contribution in [0.25, 0.3) is 0 Å². The fraction of sp³-hybridized carbons (Fsp3) is 0.400. The summed E-state index contributed by atoms with van der Waals surface area (Å²) in [6.07, 6.45) is -9.39. The molecule has 1 aromatic carbocycles. The van der Waals surface area contributed by atoms with Crippen molar-refractivity contribution in [1.29, 1.82) is 0 Å². The van der Waals surface area contributed by atoms with E-state index in [0.29, 0.717) is 30.5 Å². The van der Waals surface area contributed by atoms with Gasteiger partial charge in [-0.15, -0.1) is 13.2 Å². The maximum atomic E-state index is 12.8. The molecule has 0 aliphatic carbocycles. The van der Waals surface area contributed by atoms with Crippen LogP contribution in [0.5, 0.6) is 5.75 Å². The van der Waals surface area contributed by atoms with Crippen LogP contribution in [0.1, 0.15) is 11.6 Å². The minimum atomic E-state index is -4.98. The van der Waals surface area contributed by atoms with Crippen LogP contribution in [0.15, 0.2) is 24.3 Å². The van der Waals surface area contributed by atoms with Crippen LogP contribution in [0.2, 0.25) is 0 Å². The molecule has 0 spiro atoms. The fourth-order valence-electron chi connectivity index (χ4n) is 1.40. The van der Waals surface area contributed by atoms with Gasteiger partial charge in [-0.2, -0.15) is 17.9 Å². The van der Waals surface area contributed by atoms with E-state index >= 15 is 0 Å². The van der Waals surface area contributed by atoms with Crippen molar-refractivity contribution in [3.63, 3.8) is 0 Å². The van der Waals surface area contributed by atoms with Crippen LogP contribution in [0.3, 0.4) is 0 Å². The molecule has 0 aliphatic rings. The Morgan fingerprint density at radius 3 is 1.86 bits per heavy atom. The normalized spacial score (nSPS) is 14.8. The molecule has 0 aliphatic heterocycles. The Morgan fingerprint density at radius 1 is 1.05 bits per heavy atom. The summed E-state index contributed by atoms with van der Waals surface area (Å²) >= 11 is 0. The SMILES string of the molecule is CS(=O)(=O)NC(c1ccc(OC(F)(F)F)cc1)C(F)(F)F. The van der Waals surface area contributed by atoms with Gasteiger partial charge < -0.3 is 4.74 Å². The molecule has 4 nitrogen and oxygen atoms in total. The third-order valence-corrected chi connectivity index (χ3v) is 2.77. The predicted octanol–water partition coefficient (Wildman–Crippen LogP) is 2.74. The first kappa shape index (κ1) is 17.6. The van der Waals surface area contributed by atoms with E-state index in [1.54, 1.807) is 0 Å². The molecule has 0 aromatic heterocycles. The number of nitrogens with one attached hydrogen (secondary N) is 1. The Kier molecular flexibility index (Phi) is 4.78. The van der Waals surface area contributed by atoms with Crippen molar-refractivity contribution in [2.24, 2.45) is 0 Å². The first-order chi connectivity index (χ1) is 9.28. The van der Waals surface area contributed by atoms with Gasteiger partial charge >= 0.3 is 12.5 Å². The highest BCUT2D eigenvalue weighted by molar-refractivity contribution is 7.88. The van der Waals surface area contributed by atoms with Gasteiger partial charge in [-0.25, -0.2) is 8.42 Å². The molecule has 0 heterocycles. The number of halogens is 6. The topological polar surface area (TPSA) is 55.4 Å². The number of ether oxygens (including phenoxy) is 1. The summed E-state index contributed by atoms with van der Waals surface area (Å²) in [5.74, 6) is -0.716. The lowest BCUT2D eigenvalue weighted by Crippen LogP contribution is -2.37. The molecule has 0 amide bonds. The summed E-state index contributed by atoms with van der Waals surface area (Å²) in [6.45, 7) is 0. The monoisotopic (exact) mass is 337 g/mol. The number of rotatable bonds is 4. The lowest BCUT2D eigenvalue weighted by Gasteiger charge is -2.21. The van der Waals surface area contributed by atoms with Gasteiger partial charge in [0.25, 0.3) is 0 Å². The largest absolute Gasteiger partial charge is 0.573 e. The second-order valence-electron chi connectivity index (χ2n) is 3.98. The minimum Gasteiger partial charge on any atom is -0.406 e. The van der Waals surface area contributed by atoms with Gasteiger partial charge in [0.15, 0.2) is 0 Å². The predicted molar refractivity (Wildman–Crippen MR) is 59.9 cm³/mol. The number of benzene rings is 1. The van der Waals surface area contributed by atoms with Gasteiger partial charge in [0.2, 0.25) is 10.0 Å². The van der Waals surface area contributed by atoms with Gasteiger partial charge in [0.1, 0.15) is 11.8 Å². The Balaban J connectivity index is 3.05. The van der Waals surface area contributed by atoms with E-state index in [1.807, 2.05) is 0 Å². The zero-order chi connectivity index (χ0) is 16.5.